The lowest BCUT2D eigenvalue weighted by atomic mass is 10.0. The summed E-state index contributed by atoms with van der Waals surface area (Å²) in [5.41, 5.74) is 2.69. The SMILES string of the molecule is CN(C)C(=O)c1nc(-c2ccccc2)n2c1CC1CCC(C2)N1C(=O)Cc1ccccc1F. The van der Waals surface area contributed by atoms with E-state index in [1.54, 1.807) is 37.2 Å². The minimum atomic E-state index is -0.353. The minimum Gasteiger partial charge on any atom is -0.343 e. The van der Waals surface area contributed by atoms with Crippen LogP contribution in [0.5, 0.6) is 0 Å². The van der Waals surface area contributed by atoms with Crippen molar-refractivity contribution in [3.63, 3.8) is 0 Å². The van der Waals surface area contributed by atoms with Gasteiger partial charge in [0.15, 0.2) is 0 Å². The van der Waals surface area contributed by atoms with E-state index in [2.05, 4.69) is 4.57 Å². The number of halogens is 1. The topological polar surface area (TPSA) is 58.4 Å². The van der Waals surface area contributed by atoms with E-state index in [9.17, 15) is 14.0 Å². The Balaban J connectivity index is 1.52. The summed E-state index contributed by atoms with van der Waals surface area (Å²) >= 11 is 0. The molecule has 170 valence electrons. The van der Waals surface area contributed by atoms with Crippen LogP contribution in [0.4, 0.5) is 4.39 Å². The van der Waals surface area contributed by atoms with Crippen molar-refractivity contribution in [2.45, 2.75) is 44.3 Å². The third kappa shape index (κ3) is 3.81. The van der Waals surface area contributed by atoms with Gasteiger partial charge in [0.25, 0.3) is 5.91 Å². The van der Waals surface area contributed by atoms with E-state index in [1.807, 2.05) is 35.2 Å². The fourth-order valence-electron chi connectivity index (χ4n) is 5.16. The first kappa shape index (κ1) is 21.4. The number of hydrogen-bond donors (Lipinski definition) is 0. The summed E-state index contributed by atoms with van der Waals surface area (Å²) in [4.78, 5) is 34.6. The third-order valence-corrected chi connectivity index (χ3v) is 6.74. The number of carbonyl (C=O) groups excluding carboxylic acids is 2. The second-order valence-electron chi connectivity index (χ2n) is 9.07. The van der Waals surface area contributed by atoms with E-state index >= 15 is 0 Å². The van der Waals surface area contributed by atoms with Crippen molar-refractivity contribution in [2.24, 2.45) is 0 Å². The number of fused-ring (bicyclic) bond motifs is 3. The molecule has 0 saturated carbocycles. The van der Waals surface area contributed by atoms with Crippen molar-refractivity contribution >= 4 is 11.8 Å². The fourth-order valence-corrected chi connectivity index (χ4v) is 5.16. The number of benzene rings is 2. The van der Waals surface area contributed by atoms with Crippen LogP contribution in [-0.4, -0.2) is 57.3 Å². The van der Waals surface area contributed by atoms with Gasteiger partial charge in [-0.05, 0) is 24.5 Å². The number of rotatable bonds is 4. The van der Waals surface area contributed by atoms with Crippen LogP contribution in [0.3, 0.4) is 0 Å². The monoisotopic (exact) mass is 446 g/mol. The van der Waals surface area contributed by atoms with E-state index in [0.29, 0.717) is 24.2 Å². The lowest BCUT2D eigenvalue weighted by molar-refractivity contribution is -0.133. The Bertz CT molecular complexity index is 1200. The number of aromatic nitrogens is 2. The van der Waals surface area contributed by atoms with Gasteiger partial charge in [-0.1, -0.05) is 48.5 Å². The molecule has 3 heterocycles. The zero-order valence-electron chi connectivity index (χ0n) is 18.9. The second kappa shape index (κ2) is 8.46. The molecule has 6 nitrogen and oxygen atoms in total. The highest BCUT2D eigenvalue weighted by Crippen LogP contribution is 2.36. The first-order chi connectivity index (χ1) is 15.9. The average molecular weight is 447 g/mol. The molecule has 1 saturated heterocycles. The molecule has 33 heavy (non-hydrogen) atoms. The minimum absolute atomic E-state index is 0.00510. The van der Waals surface area contributed by atoms with E-state index in [4.69, 9.17) is 4.98 Å². The molecule has 2 unspecified atom stereocenters. The van der Waals surface area contributed by atoms with Crippen LogP contribution in [0.25, 0.3) is 11.4 Å². The normalized spacial score (nSPS) is 19.2. The van der Waals surface area contributed by atoms with Gasteiger partial charge in [-0.3, -0.25) is 9.59 Å². The number of carbonyl (C=O) groups is 2. The Hall–Kier alpha value is -3.48. The Morgan fingerprint density at radius 3 is 2.45 bits per heavy atom. The lowest BCUT2D eigenvalue weighted by Crippen LogP contribution is -2.43. The molecular weight excluding hydrogens is 419 g/mol. The predicted molar refractivity (Wildman–Crippen MR) is 123 cm³/mol. The Labute approximate surface area is 192 Å². The molecular formula is C26H27FN4O2. The molecule has 2 aliphatic heterocycles. The molecule has 7 heteroatoms. The van der Waals surface area contributed by atoms with Crippen LogP contribution in [0.15, 0.2) is 54.6 Å². The fraction of sp³-hybridized carbons (Fsp3) is 0.346. The van der Waals surface area contributed by atoms with Gasteiger partial charge in [0, 0.05) is 38.7 Å². The molecule has 2 amide bonds. The zero-order valence-corrected chi connectivity index (χ0v) is 18.9. The van der Waals surface area contributed by atoms with Crippen LogP contribution >= 0.6 is 0 Å². The molecule has 5 rings (SSSR count). The number of hydrogen-bond acceptors (Lipinski definition) is 3. The summed E-state index contributed by atoms with van der Waals surface area (Å²) in [6.07, 6.45) is 2.36. The Morgan fingerprint density at radius 1 is 1.03 bits per heavy atom. The van der Waals surface area contributed by atoms with E-state index in [0.717, 1.165) is 29.9 Å². The molecule has 3 aromatic rings. The number of nitrogens with zero attached hydrogens (tertiary/aromatic N) is 4. The summed E-state index contributed by atoms with van der Waals surface area (Å²) in [5.74, 6) is 0.203. The summed E-state index contributed by atoms with van der Waals surface area (Å²) in [6, 6.07) is 16.3. The smallest absolute Gasteiger partial charge is 0.273 e. The van der Waals surface area contributed by atoms with Crippen LogP contribution in [0.1, 0.15) is 34.6 Å². The van der Waals surface area contributed by atoms with E-state index < -0.39 is 0 Å². The molecule has 1 fully saturated rings. The number of amides is 2. The first-order valence-electron chi connectivity index (χ1n) is 11.3. The maximum absolute atomic E-state index is 14.2. The summed E-state index contributed by atoms with van der Waals surface area (Å²) in [7, 11) is 3.45. The van der Waals surface area contributed by atoms with Gasteiger partial charge in [-0.15, -0.1) is 0 Å². The largest absolute Gasteiger partial charge is 0.343 e. The van der Waals surface area contributed by atoms with Gasteiger partial charge in [0.2, 0.25) is 5.91 Å². The van der Waals surface area contributed by atoms with Gasteiger partial charge in [0.1, 0.15) is 17.3 Å². The lowest BCUT2D eigenvalue weighted by Gasteiger charge is -2.28. The molecule has 0 spiro atoms. The van der Waals surface area contributed by atoms with Crippen LogP contribution in [0, 0.1) is 5.82 Å². The van der Waals surface area contributed by atoms with Crippen molar-refractivity contribution in [1.82, 2.24) is 19.4 Å². The molecule has 0 radical (unpaired) electrons. The Morgan fingerprint density at radius 2 is 1.73 bits per heavy atom. The van der Waals surface area contributed by atoms with Crippen molar-refractivity contribution < 1.29 is 14.0 Å². The molecule has 2 bridgehead atoms. The molecule has 2 aromatic carbocycles. The Kier molecular flexibility index (Phi) is 5.48. The summed E-state index contributed by atoms with van der Waals surface area (Å²) in [6.45, 7) is 0.576. The molecule has 2 atom stereocenters. The van der Waals surface area contributed by atoms with Gasteiger partial charge in [-0.25, -0.2) is 9.37 Å². The highest BCUT2D eigenvalue weighted by atomic mass is 19.1. The molecule has 2 aliphatic rings. The molecule has 0 aliphatic carbocycles. The quantitative estimate of drug-likeness (QED) is 0.616. The summed E-state index contributed by atoms with van der Waals surface area (Å²) in [5, 5.41) is 0. The zero-order chi connectivity index (χ0) is 23.1. The van der Waals surface area contributed by atoms with Crippen molar-refractivity contribution in [3.8, 4) is 11.4 Å². The van der Waals surface area contributed by atoms with Gasteiger partial charge < -0.3 is 14.4 Å². The standard InChI is InChI=1S/C26H27FN4O2/c1-29(2)26(33)24-22-15-19-12-13-20(16-30(22)25(28-24)17-8-4-3-5-9-17)31(19)23(32)14-18-10-6-7-11-21(18)27/h3-11,19-20H,12-16H2,1-2H3. The summed E-state index contributed by atoms with van der Waals surface area (Å²) < 4.78 is 16.3. The molecule has 0 N–H and O–H groups in total. The van der Waals surface area contributed by atoms with Crippen LogP contribution in [0.2, 0.25) is 0 Å². The second-order valence-corrected chi connectivity index (χ2v) is 9.07. The van der Waals surface area contributed by atoms with E-state index in [-0.39, 0.29) is 36.1 Å². The van der Waals surface area contributed by atoms with Crippen molar-refractivity contribution in [2.75, 3.05) is 14.1 Å². The maximum atomic E-state index is 14.2. The van der Waals surface area contributed by atoms with Gasteiger partial charge >= 0.3 is 0 Å². The number of imidazole rings is 1. The third-order valence-electron chi connectivity index (χ3n) is 6.74. The highest BCUT2D eigenvalue weighted by molar-refractivity contribution is 5.94. The predicted octanol–water partition coefficient (Wildman–Crippen LogP) is 3.55. The van der Waals surface area contributed by atoms with Crippen LogP contribution < -0.4 is 0 Å². The van der Waals surface area contributed by atoms with Crippen molar-refractivity contribution in [3.05, 3.63) is 77.4 Å². The van der Waals surface area contributed by atoms with E-state index in [1.165, 1.54) is 6.07 Å². The first-order valence-corrected chi connectivity index (χ1v) is 11.3. The van der Waals surface area contributed by atoms with Gasteiger partial charge in [-0.2, -0.15) is 0 Å². The van der Waals surface area contributed by atoms with Crippen LogP contribution in [-0.2, 0) is 24.2 Å². The molecule has 1 aromatic heterocycles. The highest BCUT2D eigenvalue weighted by Gasteiger charge is 2.42. The van der Waals surface area contributed by atoms with Crippen molar-refractivity contribution in [1.29, 1.82) is 0 Å². The average Bonchev–Trinajstić information content (AvgIpc) is 3.31. The van der Waals surface area contributed by atoms with Gasteiger partial charge in [0.05, 0.1) is 18.2 Å². The maximum Gasteiger partial charge on any atom is 0.273 e.